The first-order valence-electron chi connectivity index (χ1n) is 15.7. The molecule has 256 valence electrons. The van der Waals surface area contributed by atoms with Crippen molar-refractivity contribution in [3.05, 3.63) is 102 Å². The molecule has 0 aliphatic heterocycles. The van der Waals surface area contributed by atoms with E-state index < -0.39 is 60.0 Å². The number of ether oxygens (including phenoxy) is 2. The van der Waals surface area contributed by atoms with Gasteiger partial charge in [0, 0.05) is 0 Å². The molecule has 3 atom stereocenters. The van der Waals surface area contributed by atoms with E-state index >= 15 is 0 Å². The standard InChI is InChI=1S/C36H45N5O7/c1-24(32(43)39-22-31(42)40-33(44)30(38-5)21-25-12-8-6-9-13-25)41(35(46)48-36(2,3)4)34(45)29(37)20-26-16-18-28(19-17-26)47-23-27-14-10-7-11-15-27/h6-19,24,29-30,38H,20-23,37H2,1-5H3,(H,39,43)(H,40,42,44)/t24-,29+,30+/m1/s1. The van der Waals surface area contributed by atoms with Gasteiger partial charge in [0.05, 0.1) is 18.6 Å². The highest BCUT2D eigenvalue weighted by Crippen LogP contribution is 2.18. The largest absolute Gasteiger partial charge is 0.489 e. The van der Waals surface area contributed by atoms with Crippen molar-refractivity contribution in [2.24, 2.45) is 5.73 Å². The third-order valence-electron chi connectivity index (χ3n) is 7.17. The Bertz CT molecular complexity index is 1530. The number of rotatable bonds is 14. The molecule has 0 bridgehead atoms. The second-order valence-electron chi connectivity index (χ2n) is 12.3. The number of carbonyl (C=O) groups is 5. The summed E-state index contributed by atoms with van der Waals surface area (Å²) in [6, 6.07) is 22.7. The van der Waals surface area contributed by atoms with Gasteiger partial charge in [0.15, 0.2) is 0 Å². The quantitative estimate of drug-likeness (QED) is 0.203. The van der Waals surface area contributed by atoms with Crippen LogP contribution in [0.4, 0.5) is 4.79 Å². The third-order valence-corrected chi connectivity index (χ3v) is 7.17. The van der Waals surface area contributed by atoms with Gasteiger partial charge in [-0.15, -0.1) is 0 Å². The molecule has 0 saturated carbocycles. The fraction of sp³-hybridized carbons (Fsp3) is 0.361. The van der Waals surface area contributed by atoms with E-state index in [-0.39, 0.29) is 6.42 Å². The van der Waals surface area contributed by atoms with Gasteiger partial charge in [0.1, 0.15) is 24.0 Å². The van der Waals surface area contributed by atoms with Gasteiger partial charge in [-0.25, -0.2) is 9.69 Å². The molecule has 0 aliphatic rings. The van der Waals surface area contributed by atoms with Crippen molar-refractivity contribution in [2.75, 3.05) is 13.6 Å². The van der Waals surface area contributed by atoms with Crippen LogP contribution in [0.1, 0.15) is 44.4 Å². The highest BCUT2D eigenvalue weighted by Gasteiger charge is 2.37. The van der Waals surface area contributed by atoms with Crippen LogP contribution in [-0.4, -0.2) is 71.9 Å². The van der Waals surface area contributed by atoms with E-state index in [9.17, 15) is 24.0 Å². The number of carbonyl (C=O) groups excluding carboxylic acids is 5. The Balaban J connectivity index is 1.61. The van der Waals surface area contributed by atoms with Crippen LogP contribution in [0, 0.1) is 0 Å². The van der Waals surface area contributed by atoms with Crippen molar-refractivity contribution in [2.45, 2.75) is 70.9 Å². The maximum Gasteiger partial charge on any atom is 0.417 e. The Morgan fingerprint density at radius 2 is 1.35 bits per heavy atom. The van der Waals surface area contributed by atoms with Gasteiger partial charge < -0.3 is 25.8 Å². The molecule has 0 radical (unpaired) electrons. The van der Waals surface area contributed by atoms with Crippen LogP contribution in [0.2, 0.25) is 0 Å². The number of benzene rings is 3. The number of nitrogens with one attached hydrogen (secondary N) is 3. The van der Waals surface area contributed by atoms with Gasteiger partial charge in [-0.1, -0.05) is 72.8 Å². The summed E-state index contributed by atoms with van der Waals surface area (Å²) >= 11 is 0. The van der Waals surface area contributed by atoms with Crippen molar-refractivity contribution in [3.8, 4) is 5.75 Å². The molecule has 0 fully saturated rings. The SMILES string of the molecule is CN[C@@H](Cc1ccccc1)C(=O)NC(=O)CNC(=O)[C@@H](C)N(C(=O)OC(C)(C)C)C(=O)[C@@H](N)Cc1ccc(OCc2ccccc2)cc1. The Morgan fingerprint density at radius 3 is 1.92 bits per heavy atom. The minimum absolute atomic E-state index is 0.0611. The molecule has 0 saturated heterocycles. The molecule has 0 heterocycles. The highest BCUT2D eigenvalue weighted by atomic mass is 16.6. The number of amides is 5. The minimum Gasteiger partial charge on any atom is -0.489 e. The lowest BCUT2D eigenvalue weighted by molar-refractivity contribution is -0.140. The predicted octanol–water partition coefficient (Wildman–Crippen LogP) is 2.88. The van der Waals surface area contributed by atoms with Crippen molar-refractivity contribution >= 4 is 29.7 Å². The molecular formula is C36H45N5O7. The monoisotopic (exact) mass is 659 g/mol. The van der Waals surface area contributed by atoms with Crippen LogP contribution < -0.4 is 26.4 Å². The van der Waals surface area contributed by atoms with E-state index in [1.165, 1.54) is 6.92 Å². The molecule has 0 aromatic heterocycles. The molecule has 12 nitrogen and oxygen atoms in total. The lowest BCUT2D eigenvalue weighted by Gasteiger charge is -2.31. The van der Waals surface area contributed by atoms with Gasteiger partial charge in [-0.3, -0.25) is 24.5 Å². The van der Waals surface area contributed by atoms with Gasteiger partial charge >= 0.3 is 6.09 Å². The molecule has 48 heavy (non-hydrogen) atoms. The van der Waals surface area contributed by atoms with Crippen LogP contribution in [0.25, 0.3) is 0 Å². The van der Waals surface area contributed by atoms with Crippen molar-refractivity contribution < 1.29 is 33.4 Å². The van der Waals surface area contributed by atoms with E-state index in [0.717, 1.165) is 11.1 Å². The van der Waals surface area contributed by atoms with Crippen LogP contribution >= 0.6 is 0 Å². The fourth-order valence-electron chi connectivity index (χ4n) is 4.61. The van der Waals surface area contributed by atoms with E-state index in [4.69, 9.17) is 15.2 Å². The van der Waals surface area contributed by atoms with Gasteiger partial charge in [0.2, 0.25) is 23.6 Å². The first-order valence-corrected chi connectivity index (χ1v) is 15.7. The van der Waals surface area contributed by atoms with Gasteiger partial charge in [-0.05, 0) is 76.4 Å². The van der Waals surface area contributed by atoms with Crippen molar-refractivity contribution in [1.29, 1.82) is 0 Å². The Morgan fingerprint density at radius 1 is 0.792 bits per heavy atom. The Kier molecular flexibility index (Phi) is 13.8. The second kappa shape index (κ2) is 17.7. The number of imide groups is 2. The maximum absolute atomic E-state index is 13.6. The normalized spacial score (nSPS) is 13.0. The average Bonchev–Trinajstić information content (AvgIpc) is 3.05. The summed E-state index contributed by atoms with van der Waals surface area (Å²) in [6.07, 6.45) is -0.655. The summed E-state index contributed by atoms with van der Waals surface area (Å²) < 4.78 is 11.2. The van der Waals surface area contributed by atoms with E-state index in [0.29, 0.717) is 29.2 Å². The summed E-state index contributed by atoms with van der Waals surface area (Å²) in [5.41, 5.74) is 7.91. The second-order valence-corrected chi connectivity index (χ2v) is 12.3. The zero-order valence-electron chi connectivity index (χ0n) is 28.0. The summed E-state index contributed by atoms with van der Waals surface area (Å²) in [5.74, 6) is -2.36. The minimum atomic E-state index is -1.39. The van der Waals surface area contributed by atoms with Crippen LogP contribution in [-0.2, 0) is 43.4 Å². The van der Waals surface area contributed by atoms with Crippen LogP contribution in [0.3, 0.4) is 0 Å². The zero-order chi connectivity index (χ0) is 35.3. The smallest absolute Gasteiger partial charge is 0.417 e. The number of nitrogens with zero attached hydrogens (tertiary/aromatic N) is 1. The molecular weight excluding hydrogens is 614 g/mol. The predicted molar refractivity (Wildman–Crippen MR) is 181 cm³/mol. The molecule has 5 N–H and O–H groups in total. The fourth-order valence-corrected chi connectivity index (χ4v) is 4.61. The first kappa shape index (κ1) is 37.4. The number of likely N-dealkylation sites (N-methyl/N-ethyl adjacent to an activating group) is 1. The van der Waals surface area contributed by atoms with E-state index in [1.54, 1.807) is 52.1 Å². The number of hydrogen-bond donors (Lipinski definition) is 4. The van der Waals surface area contributed by atoms with Crippen molar-refractivity contribution in [3.63, 3.8) is 0 Å². The van der Waals surface area contributed by atoms with Gasteiger partial charge in [0.25, 0.3) is 0 Å². The highest BCUT2D eigenvalue weighted by molar-refractivity contribution is 6.02. The summed E-state index contributed by atoms with van der Waals surface area (Å²) in [7, 11) is 1.60. The van der Waals surface area contributed by atoms with E-state index in [1.807, 2.05) is 60.7 Å². The third kappa shape index (κ3) is 11.9. The molecule has 5 amide bonds. The molecule has 0 aliphatic carbocycles. The van der Waals surface area contributed by atoms with Crippen molar-refractivity contribution in [1.82, 2.24) is 20.9 Å². The summed E-state index contributed by atoms with van der Waals surface area (Å²) in [4.78, 5) is 65.7. The van der Waals surface area contributed by atoms with Crippen LogP contribution in [0.15, 0.2) is 84.9 Å². The average molecular weight is 660 g/mol. The Labute approximate surface area is 281 Å². The number of nitrogens with two attached hydrogens (primary N) is 1. The van der Waals surface area contributed by atoms with Gasteiger partial charge in [-0.2, -0.15) is 0 Å². The molecule has 12 heteroatoms. The lowest BCUT2D eigenvalue weighted by atomic mass is 10.0. The maximum atomic E-state index is 13.6. The summed E-state index contributed by atoms with van der Waals surface area (Å²) in [5, 5.41) is 7.52. The lowest BCUT2D eigenvalue weighted by Crippen LogP contribution is -2.57. The van der Waals surface area contributed by atoms with E-state index in [2.05, 4.69) is 16.0 Å². The molecule has 0 unspecified atom stereocenters. The molecule has 3 aromatic rings. The molecule has 3 aromatic carbocycles. The zero-order valence-corrected chi connectivity index (χ0v) is 28.0. The summed E-state index contributed by atoms with van der Waals surface area (Å²) in [6.45, 7) is 6.01. The number of hydrogen-bond acceptors (Lipinski definition) is 9. The topological polar surface area (TPSA) is 169 Å². The molecule has 0 spiro atoms. The first-order chi connectivity index (χ1) is 22.8. The van der Waals surface area contributed by atoms with Crippen LogP contribution in [0.5, 0.6) is 5.75 Å². The Hall–Kier alpha value is -5.07. The molecule has 3 rings (SSSR count).